The largest absolute Gasteiger partial charge is 0.478 e. The number of aromatic carboxylic acids is 1. The van der Waals surface area contributed by atoms with Gasteiger partial charge in [0, 0.05) is 23.1 Å². The highest BCUT2D eigenvalue weighted by molar-refractivity contribution is 6.22. The Hall–Kier alpha value is -3.97. The number of fused-ring (bicyclic) bond motifs is 1. The number of carbonyl (C=O) groups excluding carboxylic acids is 1. The number of halogens is 1. The van der Waals surface area contributed by atoms with Crippen molar-refractivity contribution >= 4 is 40.1 Å². The number of allylic oxidation sites excluding steroid dienone is 2. The fraction of sp³-hybridized carbons (Fsp3) is 0.267. The van der Waals surface area contributed by atoms with E-state index in [-0.39, 0.29) is 22.9 Å². The summed E-state index contributed by atoms with van der Waals surface area (Å²) in [5.74, 6) is -1.18. The molecule has 1 unspecified atom stereocenters. The van der Waals surface area contributed by atoms with Crippen LogP contribution in [0, 0.1) is 0 Å². The molecule has 3 atom stereocenters. The average molecular weight is 529 g/mol. The lowest BCUT2D eigenvalue weighted by Crippen LogP contribution is -2.29. The summed E-state index contributed by atoms with van der Waals surface area (Å²) >= 11 is 6.84. The van der Waals surface area contributed by atoms with Crippen LogP contribution in [0.3, 0.4) is 0 Å². The third kappa shape index (κ3) is 5.20. The third-order valence-electron chi connectivity index (χ3n) is 7.03. The van der Waals surface area contributed by atoms with Crippen LogP contribution in [-0.4, -0.2) is 37.3 Å². The zero-order chi connectivity index (χ0) is 26.6. The lowest BCUT2D eigenvalue weighted by Gasteiger charge is -2.29. The highest BCUT2D eigenvalue weighted by atomic mass is 35.5. The molecule has 8 heteroatoms. The van der Waals surface area contributed by atoms with E-state index < -0.39 is 11.9 Å². The number of benzene rings is 2. The van der Waals surface area contributed by atoms with Crippen molar-refractivity contribution in [3.63, 3.8) is 0 Å². The van der Waals surface area contributed by atoms with E-state index in [1.165, 1.54) is 6.07 Å². The summed E-state index contributed by atoms with van der Waals surface area (Å²) in [6.07, 6.45) is 8.59. The molecule has 1 aliphatic rings. The Labute approximate surface area is 226 Å². The summed E-state index contributed by atoms with van der Waals surface area (Å²) in [4.78, 5) is 37.9. The number of carbonyl (C=O) groups is 2. The van der Waals surface area contributed by atoms with E-state index in [4.69, 9.17) is 16.6 Å². The number of alkyl halides is 1. The van der Waals surface area contributed by atoms with E-state index in [2.05, 4.69) is 28.3 Å². The third-order valence-corrected chi connectivity index (χ3v) is 7.50. The number of aromatic amines is 1. The van der Waals surface area contributed by atoms with Crippen molar-refractivity contribution in [1.29, 1.82) is 0 Å². The van der Waals surface area contributed by atoms with Crippen LogP contribution in [-0.2, 0) is 0 Å². The highest BCUT2D eigenvalue weighted by Gasteiger charge is 2.33. The number of imidazole rings is 1. The standard InChI is InChI=1S/C30H29ClN4O3/c1-2-7-24(18-8-4-3-5-9-18)35-29(36)19-12-13-20(22(16-19)30(37)38)27-21(10-6-11-23(27)31)28-33-25-14-15-32-17-26(25)34-28/h3-5,8-10,12-17,23-24,27H,2,6-7,11H2,1H3,(H,33,34)(H,35,36)(H,37,38)/t23-,24+,27?/m0/s1. The first-order chi connectivity index (χ1) is 18.5. The summed E-state index contributed by atoms with van der Waals surface area (Å²) < 4.78 is 0. The molecule has 7 nitrogen and oxygen atoms in total. The maximum Gasteiger partial charge on any atom is 0.336 e. The predicted octanol–water partition coefficient (Wildman–Crippen LogP) is 6.50. The first-order valence-electron chi connectivity index (χ1n) is 12.8. The second-order valence-corrected chi connectivity index (χ2v) is 10.1. The fourth-order valence-corrected chi connectivity index (χ4v) is 5.58. The van der Waals surface area contributed by atoms with Crippen LogP contribution in [0.15, 0.2) is 73.1 Å². The van der Waals surface area contributed by atoms with Gasteiger partial charge in [-0.1, -0.05) is 55.8 Å². The number of pyridine rings is 1. The molecule has 0 fully saturated rings. The molecule has 0 radical (unpaired) electrons. The monoisotopic (exact) mass is 528 g/mol. The molecule has 38 heavy (non-hydrogen) atoms. The number of aromatic nitrogens is 3. The second kappa shape index (κ2) is 11.2. The van der Waals surface area contributed by atoms with Gasteiger partial charge in [0.2, 0.25) is 0 Å². The molecule has 2 heterocycles. The number of amides is 1. The topological polar surface area (TPSA) is 108 Å². The van der Waals surface area contributed by atoms with Gasteiger partial charge in [-0.15, -0.1) is 11.6 Å². The molecule has 1 amide bonds. The van der Waals surface area contributed by atoms with E-state index in [1.807, 2.05) is 36.4 Å². The minimum absolute atomic E-state index is 0.0608. The summed E-state index contributed by atoms with van der Waals surface area (Å²) in [5, 5.41) is 12.9. The van der Waals surface area contributed by atoms with E-state index in [0.29, 0.717) is 23.4 Å². The smallest absolute Gasteiger partial charge is 0.336 e. The molecule has 0 spiro atoms. The summed E-state index contributed by atoms with van der Waals surface area (Å²) in [5.41, 5.74) is 4.35. The van der Waals surface area contributed by atoms with Crippen LogP contribution in [0.4, 0.5) is 0 Å². The number of hydrogen-bond acceptors (Lipinski definition) is 4. The molecule has 0 bridgehead atoms. The number of carboxylic acid groups (broad SMARTS) is 1. The SMILES string of the molecule is CCC[C@@H](NC(=O)c1ccc(C2C(c3nc4ccncc4[nH]3)=CCC[C@@H]2Cl)c(C(=O)O)c1)c1ccccc1. The van der Waals surface area contributed by atoms with Gasteiger partial charge in [0.15, 0.2) is 0 Å². The minimum atomic E-state index is -1.11. The van der Waals surface area contributed by atoms with Crippen LogP contribution in [0.25, 0.3) is 16.6 Å². The number of nitrogens with zero attached hydrogens (tertiary/aromatic N) is 2. The Bertz CT molecular complexity index is 1460. The van der Waals surface area contributed by atoms with Gasteiger partial charge in [0.1, 0.15) is 5.82 Å². The van der Waals surface area contributed by atoms with Gasteiger partial charge in [0.05, 0.1) is 28.8 Å². The number of carboxylic acids is 1. The molecule has 4 aromatic rings. The number of H-pyrrole nitrogens is 1. The Balaban J connectivity index is 1.49. The molecule has 5 rings (SSSR count). The van der Waals surface area contributed by atoms with Crippen LogP contribution in [0.5, 0.6) is 0 Å². The summed E-state index contributed by atoms with van der Waals surface area (Å²) in [6, 6.07) is 16.3. The molecule has 0 saturated carbocycles. The first kappa shape index (κ1) is 25.7. The maximum absolute atomic E-state index is 13.3. The fourth-order valence-electron chi connectivity index (χ4n) is 5.18. The molecule has 3 N–H and O–H groups in total. The lowest BCUT2D eigenvalue weighted by molar-refractivity contribution is 0.0695. The zero-order valence-electron chi connectivity index (χ0n) is 21.0. The van der Waals surface area contributed by atoms with Gasteiger partial charge >= 0.3 is 5.97 Å². The molecule has 2 aromatic heterocycles. The van der Waals surface area contributed by atoms with Crippen LogP contribution < -0.4 is 5.32 Å². The van der Waals surface area contributed by atoms with Crippen molar-refractivity contribution in [3.05, 3.63) is 101 Å². The van der Waals surface area contributed by atoms with E-state index in [0.717, 1.165) is 41.4 Å². The van der Waals surface area contributed by atoms with E-state index in [9.17, 15) is 14.7 Å². The van der Waals surface area contributed by atoms with Crippen molar-refractivity contribution in [2.24, 2.45) is 0 Å². The minimum Gasteiger partial charge on any atom is -0.478 e. The molecule has 1 aliphatic carbocycles. The van der Waals surface area contributed by atoms with E-state index >= 15 is 0 Å². The molecule has 0 saturated heterocycles. The van der Waals surface area contributed by atoms with Gasteiger partial charge in [-0.3, -0.25) is 9.78 Å². The van der Waals surface area contributed by atoms with Gasteiger partial charge in [-0.25, -0.2) is 9.78 Å². The number of nitrogens with one attached hydrogen (secondary N) is 2. The molecular weight excluding hydrogens is 500 g/mol. The van der Waals surface area contributed by atoms with Crippen LogP contribution >= 0.6 is 11.6 Å². The average Bonchev–Trinajstić information content (AvgIpc) is 3.37. The number of hydrogen-bond donors (Lipinski definition) is 3. The zero-order valence-corrected chi connectivity index (χ0v) is 21.8. The lowest BCUT2D eigenvalue weighted by atomic mass is 9.79. The van der Waals surface area contributed by atoms with Crippen molar-refractivity contribution in [2.75, 3.05) is 0 Å². The quantitative estimate of drug-likeness (QED) is 0.226. The molecular formula is C30H29ClN4O3. The second-order valence-electron chi connectivity index (χ2n) is 9.54. The number of rotatable bonds is 8. The first-order valence-corrected chi connectivity index (χ1v) is 13.3. The van der Waals surface area contributed by atoms with Crippen molar-refractivity contribution in [3.8, 4) is 0 Å². The van der Waals surface area contributed by atoms with Crippen LogP contribution in [0.1, 0.15) is 82.2 Å². The van der Waals surface area contributed by atoms with Gasteiger partial charge in [-0.2, -0.15) is 0 Å². The molecule has 2 aromatic carbocycles. The molecule has 0 aliphatic heterocycles. The van der Waals surface area contributed by atoms with Gasteiger partial charge in [0.25, 0.3) is 5.91 Å². The Morgan fingerprint density at radius 3 is 2.74 bits per heavy atom. The summed E-state index contributed by atoms with van der Waals surface area (Å²) in [6.45, 7) is 2.07. The highest BCUT2D eigenvalue weighted by Crippen LogP contribution is 2.43. The Kier molecular flexibility index (Phi) is 7.56. The van der Waals surface area contributed by atoms with Crippen molar-refractivity contribution < 1.29 is 14.7 Å². The van der Waals surface area contributed by atoms with Crippen molar-refractivity contribution in [1.82, 2.24) is 20.3 Å². The maximum atomic E-state index is 13.3. The predicted molar refractivity (Wildman–Crippen MR) is 148 cm³/mol. The Morgan fingerprint density at radius 2 is 2.00 bits per heavy atom. The van der Waals surface area contributed by atoms with E-state index in [1.54, 1.807) is 24.5 Å². The molecule has 194 valence electrons. The summed E-state index contributed by atoms with van der Waals surface area (Å²) in [7, 11) is 0. The van der Waals surface area contributed by atoms with Crippen molar-refractivity contribution in [2.45, 2.75) is 49.9 Å². The normalized spacial score (nSPS) is 18.1. The van der Waals surface area contributed by atoms with Crippen LogP contribution in [0.2, 0.25) is 0 Å². The van der Waals surface area contributed by atoms with Gasteiger partial charge < -0.3 is 15.4 Å². The van der Waals surface area contributed by atoms with Gasteiger partial charge in [-0.05, 0) is 54.2 Å². The Morgan fingerprint density at radius 1 is 1.18 bits per heavy atom.